The van der Waals surface area contributed by atoms with Gasteiger partial charge in [0.05, 0.1) is 5.69 Å². The second kappa shape index (κ2) is 6.24. The molecule has 0 radical (unpaired) electrons. The number of nitrogens with one attached hydrogen (secondary N) is 1. The van der Waals surface area contributed by atoms with Gasteiger partial charge in [-0.1, -0.05) is 23.7 Å². The van der Waals surface area contributed by atoms with Gasteiger partial charge in [0.2, 0.25) is 0 Å². The van der Waals surface area contributed by atoms with Crippen molar-refractivity contribution in [2.45, 2.75) is 6.92 Å². The number of halogens is 1. The van der Waals surface area contributed by atoms with E-state index in [0.29, 0.717) is 16.3 Å². The largest absolute Gasteiger partial charge is 0.321 e. The van der Waals surface area contributed by atoms with Crippen molar-refractivity contribution in [2.75, 3.05) is 5.32 Å². The number of amides is 1. The number of nitrogens with zero attached hydrogens (tertiary/aromatic N) is 3. The maximum absolute atomic E-state index is 12.3. The first-order valence-corrected chi connectivity index (χ1v) is 7.95. The van der Waals surface area contributed by atoms with E-state index < -0.39 is 5.91 Å². The molecule has 0 saturated carbocycles. The summed E-state index contributed by atoms with van der Waals surface area (Å²) in [5.74, 6) is -0.487. The second-order valence-electron chi connectivity index (χ2n) is 4.84. The van der Waals surface area contributed by atoms with Crippen molar-refractivity contribution >= 4 is 45.6 Å². The van der Waals surface area contributed by atoms with Gasteiger partial charge in [0.25, 0.3) is 5.91 Å². The second-order valence-corrected chi connectivity index (χ2v) is 6.07. The fourth-order valence-corrected chi connectivity index (χ4v) is 3.11. The standard InChI is InChI=1S/C16H11ClN4OS/c1-10-3-2-4-12(7-10)19-15(22)11(9-18)8-13-14(17)20-16-21(13)5-6-23-16/h2-8H,1H3,(H,19,22)/b11-8+. The highest BCUT2D eigenvalue weighted by Crippen LogP contribution is 2.23. The Balaban J connectivity index is 1.93. The Morgan fingerprint density at radius 3 is 3.09 bits per heavy atom. The molecule has 0 spiro atoms. The molecule has 114 valence electrons. The molecule has 7 heteroatoms. The summed E-state index contributed by atoms with van der Waals surface area (Å²) in [6.45, 7) is 1.93. The third-order valence-electron chi connectivity index (χ3n) is 3.18. The van der Waals surface area contributed by atoms with Crippen LogP contribution in [0.15, 0.2) is 41.4 Å². The van der Waals surface area contributed by atoms with Gasteiger partial charge in [0, 0.05) is 17.3 Å². The van der Waals surface area contributed by atoms with Crippen LogP contribution in [-0.4, -0.2) is 15.3 Å². The van der Waals surface area contributed by atoms with Gasteiger partial charge in [0.15, 0.2) is 10.1 Å². The minimum Gasteiger partial charge on any atom is -0.321 e. The van der Waals surface area contributed by atoms with Gasteiger partial charge < -0.3 is 5.32 Å². The number of anilines is 1. The summed E-state index contributed by atoms with van der Waals surface area (Å²) in [6.07, 6.45) is 3.23. The average Bonchev–Trinajstić information content (AvgIpc) is 3.06. The van der Waals surface area contributed by atoms with Gasteiger partial charge in [0.1, 0.15) is 11.6 Å². The molecule has 23 heavy (non-hydrogen) atoms. The van der Waals surface area contributed by atoms with Crippen molar-refractivity contribution in [3.8, 4) is 6.07 Å². The first-order valence-electron chi connectivity index (χ1n) is 6.69. The van der Waals surface area contributed by atoms with E-state index in [0.717, 1.165) is 5.56 Å². The Morgan fingerprint density at radius 2 is 2.35 bits per heavy atom. The molecule has 1 aromatic carbocycles. The van der Waals surface area contributed by atoms with E-state index in [4.69, 9.17) is 11.6 Å². The van der Waals surface area contributed by atoms with E-state index in [-0.39, 0.29) is 10.7 Å². The van der Waals surface area contributed by atoms with Crippen molar-refractivity contribution in [1.29, 1.82) is 5.26 Å². The highest BCUT2D eigenvalue weighted by molar-refractivity contribution is 7.15. The normalized spacial score (nSPS) is 11.4. The first kappa shape index (κ1) is 15.3. The molecule has 5 nitrogen and oxygen atoms in total. The molecule has 0 bridgehead atoms. The number of rotatable bonds is 3. The quantitative estimate of drug-likeness (QED) is 0.579. The number of benzene rings is 1. The molecule has 2 aromatic heterocycles. The molecule has 1 N–H and O–H groups in total. The summed E-state index contributed by atoms with van der Waals surface area (Å²) >= 11 is 7.51. The zero-order chi connectivity index (χ0) is 16.4. The van der Waals surface area contributed by atoms with Crippen LogP contribution in [0.3, 0.4) is 0 Å². The first-order chi connectivity index (χ1) is 11.1. The summed E-state index contributed by atoms with van der Waals surface area (Å²) in [5, 5.41) is 14.1. The topological polar surface area (TPSA) is 70.2 Å². The third kappa shape index (κ3) is 3.11. The van der Waals surface area contributed by atoms with E-state index in [1.807, 2.05) is 36.6 Å². The van der Waals surface area contributed by atoms with E-state index in [2.05, 4.69) is 10.3 Å². The van der Waals surface area contributed by atoms with Crippen LogP contribution in [0.1, 0.15) is 11.3 Å². The number of aryl methyl sites for hydroxylation is 1. The minimum atomic E-state index is -0.487. The molecule has 0 atom stereocenters. The lowest BCUT2D eigenvalue weighted by atomic mass is 10.2. The van der Waals surface area contributed by atoms with Crippen LogP contribution in [0.4, 0.5) is 5.69 Å². The summed E-state index contributed by atoms with van der Waals surface area (Å²) in [5.41, 5.74) is 2.13. The molecular formula is C16H11ClN4OS. The summed E-state index contributed by atoms with van der Waals surface area (Å²) in [6, 6.07) is 9.27. The van der Waals surface area contributed by atoms with Crippen LogP contribution in [0.5, 0.6) is 0 Å². The molecule has 0 aliphatic heterocycles. The lowest BCUT2D eigenvalue weighted by molar-refractivity contribution is -0.112. The molecular weight excluding hydrogens is 332 g/mol. The molecule has 3 rings (SSSR count). The van der Waals surface area contributed by atoms with Gasteiger partial charge >= 0.3 is 0 Å². The van der Waals surface area contributed by atoms with Crippen LogP contribution in [0, 0.1) is 18.3 Å². The number of carbonyl (C=O) groups is 1. The Bertz CT molecular complexity index is 964. The molecule has 0 aliphatic carbocycles. The predicted octanol–water partition coefficient (Wildman–Crippen LogP) is 3.90. The number of hydrogen-bond donors (Lipinski definition) is 1. The Kier molecular flexibility index (Phi) is 4.15. The predicted molar refractivity (Wildman–Crippen MR) is 91.5 cm³/mol. The van der Waals surface area contributed by atoms with Crippen LogP contribution in [0.25, 0.3) is 11.0 Å². The summed E-state index contributed by atoms with van der Waals surface area (Å²) in [7, 11) is 0. The van der Waals surface area contributed by atoms with E-state index in [9.17, 15) is 10.1 Å². The Morgan fingerprint density at radius 1 is 1.52 bits per heavy atom. The molecule has 0 unspecified atom stereocenters. The number of carbonyl (C=O) groups excluding carboxylic acids is 1. The maximum atomic E-state index is 12.3. The molecule has 0 fully saturated rings. The molecule has 2 heterocycles. The smallest absolute Gasteiger partial charge is 0.266 e. The average molecular weight is 343 g/mol. The minimum absolute atomic E-state index is 0.0404. The zero-order valence-electron chi connectivity index (χ0n) is 12.1. The van der Waals surface area contributed by atoms with Crippen molar-refractivity contribution in [2.24, 2.45) is 0 Å². The molecule has 0 aliphatic rings. The lowest BCUT2D eigenvalue weighted by Gasteiger charge is -2.05. The van der Waals surface area contributed by atoms with Gasteiger partial charge in [-0.15, -0.1) is 11.3 Å². The summed E-state index contributed by atoms with van der Waals surface area (Å²) in [4.78, 5) is 17.2. The van der Waals surface area contributed by atoms with Gasteiger partial charge in [-0.05, 0) is 30.7 Å². The number of hydrogen-bond acceptors (Lipinski definition) is 4. The van der Waals surface area contributed by atoms with Gasteiger partial charge in [-0.3, -0.25) is 9.20 Å². The maximum Gasteiger partial charge on any atom is 0.266 e. The molecule has 3 aromatic rings. The fraction of sp³-hybridized carbons (Fsp3) is 0.0625. The fourth-order valence-electron chi connectivity index (χ4n) is 2.11. The monoisotopic (exact) mass is 342 g/mol. The van der Waals surface area contributed by atoms with Crippen LogP contribution in [-0.2, 0) is 4.79 Å². The van der Waals surface area contributed by atoms with Crippen LogP contribution >= 0.6 is 22.9 Å². The van der Waals surface area contributed by atoms with Crippen LogP contribution in [0.2, 0.25) is 5.15 Å². The van der Waals surface area contributed by atoms with E-state index in [1.54, 1.807) is 16.7 Å². The van der Waals surface area contributed by atoms with Gasteiger partial charge in [-0.2, -0.15) is 5.26 Å². The number of nitriles is 1. The summed E-state index contributed by atoms with van der Waals surface area (Å²) < 4.78 is 1.74. The van der Waals surface area contributed by atoms with Crippen molar-refractivity contribution in [3.63, 3.8) is 0 Å². The number of fused-ring (bicyclic) bond motifs is 1. The number of thiazole rings is 1. The highest BCUT2D eigenvalue weighted by Gasteiger charge is 2.14. The third-order valence-corrected chi connectivity index (χ3v) is 4.21. The van der Waals surface area contributed by atoms with Crippen molar-refractivity contribution < 1.29 is 4.79 Å². The Hall–Kier alpha value is -2.62. The van der Waals surface area contributed by atoms with Crippen molar-refractivity contribution in [3.05, 3.63) is 57.8 Å². The Labute approximate surface area is 141 Å². The van der Waals surface area contributed by atoms with Crippen LogP contribution < -0.4 is 5.32 Å². The SMILES string of the molecule is Cc1cccc(NC(=O)/C(C#N)=C/c2c(Cl)nc3sccn23)c1. The highest BCUT2D eigenvalue weighted by atomic mass is 35.5. The number of imidazole rings is 1. The lowest BCUT2D eigenvalue weighted by Crippen LogP contribution is -2.13. The number of aromatic nitrogens is 2. The van der Waals surface area contributed by atoms with Crippen molar-refractivity contribution in [1.82, 2.24) is 9.38 Å². The molecule has 0 saturated heterocycles. The zero-order valence-corrected chi connectivity index (χ0v) is 13.6. The van der Waals surface area contributed by atoms with E-state index in [1.165, 1.54) is 17.4 Å². The van der Waals surface area contributed by atoms with Gasteiger partial charge in [-0.25, -0.2) is 4.98 Å². The molecule has 1 amide bonds. The van der Waals surface area contributed by atoms with E-state index >= 15 is 0 Å².